The second kappa shape index (κ2) is 7.70. The predicted octanol–water partition coefficient (Wildman–Crippen LogP) is 4.07. The molecule has 0 aliphatic carbocycles. The number of benzene rings is 3. The summed E-state index contributed by atoms with van der Waals surface area (Å²) >= 11 is 0. The van der Waals surface area contributed by atoms with Crippen LogP contribution in [-0.4, -0.2) is 25.0 Å². The van der Waals surface area contributed by atoms with E-state index < -0.39 is 12.1 Å². The lowest BCUT2D eigenvalue weighted by Gasteiger charge is -2.15. The number of amides is 1. The summed E-state index contributed by atoms with van der Waals surface area (Å²) in [7, 11) is 1.72. The molecule has 1 amide bonds. The average molecular weight is 348 g/mol. The number of hydrogen-bond donors (Lipinski definition) is 2. The third kappa shape index (κ3) is 3.83. The van der Waals surface area contributed by atoms with Crippen molar-refractivity contribution in [2.75, 3.05) is 17.7 Å². The lowest BCUT2D eigenvalue weighted by atomic mass is 10.1. The Hall–Kier alpha value is -3.34. The average Bonchev–Trinajstić information content (AvgIpc) is 2.67. The van der Waals surface area contributed by atoms with Gasteiger partial charge in [0.15, 0.2) is 6.10 Å². The Bertz CT molecular complexity index is 953. The first-order valence-electron chi connectivity index (χ1n) is 8.36. The van der Waals surface area contributed by atoms with Gasteiger partial charge in [0.05, 0.1) is 5.56 Å². The summed E-state index contributed by atoms with van der Waals surface area (Å²) in [5.41, 5.74) is 1.70. The molecule has 0 bridgehead atoms. The summed E-state index contributed by atoms with van der Waals surface area (Å²) < 4.78 is 5.31. The van der Waals surface area contributed by atoms with Crippen LogP contribution in [0.3, 0.4) is 0 Å². The number of carbonyl (C=O) groups is 2. The van der Waals surface area contributed by atoms with E-state index in [-0.39, 0.29) is 5.91 Å². The zero-order valence-electron chi connectivity index (χ0n) is 14.7. The number of nitrogens with one attached hydrogen (secondary N) is 2. The van der Waals surface area contributed by atoms with Crippen molar-refractivity contribution in [3.05, 3.63) is 72.3 Å². The number of ether oxygens (including phenoxy) is 1. The SMILES string of the molecule is CNc1ccccc1C(=O)O[C@H](C)C(=O)Nc1ccc2ccccc2c1. The van der Waals surface area contributed by atoms with E-state index in [2.05, 4.69) is 10.6 Å². The van der Waals surface area contributed by atoms with Crippen molar-refractivity contribution in [3.8, 4) is 0 Å². The van der Waals surface area contributed by atoms with E-state index in [0.29, 0.717) is 16.9 Å². The van der Waals surface area contributed by atoms with Crippen LogP contribution in [-0.2, 0) is 9.53 Å². The minimum atomic E-state index is -0.918. The zero-order valence-corrected chi connectivity index (χ0v) is 14.7. The van der Waals surface area contributed by atoms with E-state index in [0.717, 1.165) is 10.8 Å². The second-order valence-corrected chi connectivity index (χ2v) is 5.89. The minimum Gasteiger partial charge on any atom is -0.449 e. The highest BCUT2D eigenvalue weighted by molar-refractivity contribution is 6.00. The molecule has 26 heavy (non-hydrogen) atoms. The monoisotopic (exact) mass is 348 g/mol. The third-order valence-corrected chi connectivity index (χ3v) is 4.09. The van der Waals surface area contributed by atoms with Crippen LogP contribution in [0.4, 0.5) is 11.4 Å². The van der Waals surface area contributed by atoms with Crippen LogP contribution >= 0.6 is 0 Å². The maximum Gasteiger partial charge on any atom is 0.341 e. The normalized spacial score (nSPS) is 11.6. The molecule has 1 atom stereocenters. The van der Waals surface area contributed by atoms with Crippen LogP contribution < -0.4 is 10.6 Å². The summed E-state index contributed by atoms with van der Waals surface area (Å²) in [6.07, 6.45) is -0.918. The smallest absolute Gasteiger partial charge is 0.341 e. The topological polar surface area (TPSA) is 67.4 Å². The highest BCUT2D eigenvalue weighted by atomic mass is 16.5. The Morgan fingerprint density at radius 3 is 2.38 bits per heavy atom. The van der Waals surface area contributed by atoms with Crippen molar-refractivity contribution >= 4 is 34.0 Å². The standard InChI is InChI=1S/C21H20N2O3/c1-14(26-21(25)18-9-5-6-10-19(18)22-2)20(24)23-17-12-11-15-7-3-4-8-16(15)13-17/h3-14,22H,1-2H3,(H,23,24)/t14-/m1/s1. The van der Waals surface area contributed by atoms with E-state index in [1.165, 1.54) is 0 Å². The molecule has 3 aromatic rings. The molecule has 0 saturated carbocycles. The van der Waals surface area contributed by atoms with Gasteiger partial charge in [0.25, 0.3) is 5.91 Å². The van der Waals surface area contributed by atoms with Crippen LogP contribution in [0, 0.1) is 0 Å². The van der Waals surface area contributed by atoms with Crippen molar-refractivity contribution in [2.24, 2.45) is 0 Å². The Morgan fingerprint density at radius 2 is 1.62 bits per heavy atom. The lowest BCUT2D eigenvalue weighted by Crippen LogP contribution is -2.30. The summed E-state index contributed by atoms with van der Waals surface area (Å²) in [4.78, 5) is 24.7. The Balaban J connectivity index is 1.68. The fraction of sp³-hybridized carbons (Fsp3) is 0.143. The second-order valence-electron chi connectivity index (χ2n) is 5.89. The first-order valence-corrected chi connectivity index (χ1v) is 8.36. The molecular weight excluding hydrogens is 328 g/mol. The van der Waals surface area contributed by atoms with Gasteiger partial charge in [0.2, 0.25) is 0 Å². The van der Waals surface area contributed by atoms with Gasteiger partial charge in [-0.3, -0.25) is 4.79 Å². The van der Waals surface area contributed by atoms with Crippen molar-refractivity contribution in [3.63, 3.8) is 0 Å². The number of para-hydroxylation sites is 1. The molecule has 0 saturated heterocycles. The highest BCUT2D eigenvalue weighted by Crippen LogP contribution is 2.20. The zero-order chi connectivity index (χ0) is 18.5. The fourth-order valence-electron chi connectivity index (χ4n) is 2.67. The number of esters is 1. The van der Waals surface area contributed by atoms with Gasteiger partial charge in [-0.1, -0.05) is 42.5 Å². The van der Waals surface area contributed by atoms with E-state index >= 15 is 0 Å². The van der Waals surface area contributed by atoms with Crippen LogP contribution in [0.5, 0.6) is 0 Å². The van der Waals surface area contributed by atoms with Gasteiger partial charge in [-0.15, -0.1) is 0 Å². The maximum absolute atomic E-state index is 12.4. The molecular formula is C21H20N2O3. The number of fused-ring (bicyclic) bond motifs is 1. The molecule has 0 spiro atoms. The van der Waals surface area contributed by atoms with Gasteiger partial charge in [0, 0.05) is 18.4 Å². The molecule has 3 aromatic carbocycles. The van der Waals surface area contributed by atoms with Gasteiger partial charge in [-0.25, -0.2) is 4.79 Å². The van der Waals surface area contributed by atoms with Gasteiger partial charge < -0.3 is 15.4 Å². The van der Waals surface area contributed by atoms with Gasteiger partial charge in [0.1, 0.15) is 0 Å². The molecule has 0 aliphatic heterocycles. The number of hydrogen-bond acceptors (Lipinski definition) is 4. The van der Waals surface area contributed by atoms with E-state index in [1.54, 1.807) is 32.2 Å². The summed E-state index contributed by atoms with van der Waals surface area (Å²) in [6, 6.07) is 20.5. The van der Waals surface area contributed by atoms with Crippen LogP contribution in [0.1, 0.15) is 17.3 Å². The molecule has 0 unspecified atom stereocenters. The summed E-state index contributed by atoms with van der Waals surface area (Å²) in [5.74, 6) is -0.924. The Morgan fingerprint density at radius 1 is 0.923 bits per heavy atom. The van der Waals surface area contributed by atoms with Gasteiger partial charge >= 0.3 is 5.97 Å². The molecule has 132 valence electrons. The van der Waals surface area contributed by atoms with Crippen LogP contribution in [0.2, 0.25) is 0 Å². The van der Waals surface area contributed by atoms with Crippen molar-refractivity contribution in [2.45, 2.75) is 13.0 Å². The number of carbonyl (C=O) groups excluding carboxylic acids is 2. The van der Waals surface area contributed by atoms with E-state index in [9.17, 15) is 9.59 Å². The van der Waals surface area contributed by atoms with E-state index in [1.807, 2.05) is 48.5 Å². The molecule has 0 radical (unpaired) electrons. The van der Waals surface area contributed by atoms with Crippen molar-refractivity contribution in [1.29, 1.82) is 0 Å². The Labute approximate surface area is 152 Å². The molecule has 0 aromatic heterocycles. The molecule has 5 nitrogen and oxygen atoms in total. The van der Waals surface area contributed by atoms with Crippen molar-refractivity contribution < 1.29 is 14.3 Å². The summed E-state index contributed by atoms with van der Waals surface area (Å²) in [5, 5.41) is 7.84. The minimum absolute atomic E-state index is 0.379. The molecule has 0 fully saturated rings. The first-order chi connectivity index (χ1) is 12.6. The molecule has 0 aliphatic rings. The lowest BCUT2D eigenvalue weighted by molar-refractivity contribution is -0.123. The fourth-order valence-corrected chi connectivity index (χ4v) is 2.67. The molecule has 5 heteroatoms. The Kier molecular flexibility index (Phi) is 5.17. The van der Waals surface area contributed by atoms with Gasteiger partial charge in [-0.2, -0.15) is 0 Å². The summed E-state index contributed by atoms with van der Waals surface area (Å²) in [6.45, 7) is 1.55. The van der Waals surface area contributed by atoms with Crippen molar-refractivity contribution in [1.82, 2.24) is 0 Å². The van der Waals surface area contributed by atoms with Crippen LogP contribution in [0.15, 0.2) is 66.7 Å². The highest BCUT2D eigenvalue weighted by Gasteiger charge is 2.20. The van der Waals surface area contributed by atoms with E-state index in [4.69, 9.17) is 4.74 Å². The third-order valence-electron chi connectivity index (χ3n) is 4.09. The molecule has 3 rings (SSSR count). The first kappa shape index (κ1) is 17.5. The largest absolute Gasteiger partial charge is 0.449 e. The number of rotatable bonds is 5. The quantitative estimate of drug-likeness (QED) is 0.682. The predicted molar refractivity (Wildman–Crippen MR) is 103 cm³/mol. The maximum atomic E-state index is 12.4. The molecule has 2 N–H and O–H groups in total. The van der Waals surface area contributed by atoms with Crippen LogP contribution in [0.25, 0.3) is 10.8 Å². The molecule has 0 heterocycles. The number of anilines is 2. The van der Waals surface area contributed by atoms with Gasteiger partial charge in [-0.05, 0) is 42.0 Å².